The minimum Gasteiger partial charge on any atom is -0.480 e. The highest BCUT2D eigenvalue weighted by atomic mass is 16.4. The summed E-state index contributed by atoms with van der Waals surface area (Å²) in [6, 6.07) is 5.66. The first-order chi connectivity index (χ1) is 8.91. The second kappa shape index (κ2) is 6.22. The van der Waals surface area contributed by atoms with Gasteiger partial charge in [-0.25, -0.2) is 4.79 Å². The van der Waals surface area contributed by atoms with Crippen LogP contribution in [-0.4, -0.2) is 24.2 Å². The van der Waals surface area contributed by atoms with Gasteiger partial charge in [-0.1, -0.05) is 28.9 Å². The molecule has 0 heterocycles. The second-order valence-corrected chi connectivity index (χ2v) is 4.63. The molecule has 1 unspecified atom stereocenters. The number of aliphatic carboxylic acids is 1. The number of azide groups is 1. The summed E-state index contributed by atoms with van der Waals surface area (Å²) in [7, 11) is 0. The number of hydrogen-bond acceptors (Lipinski definition) is 3. The van der Waals surface area contributed by atoms with Crippen LogP contribution in [0.3, 0.4) is 0 Å². The first-order valence-electron chi connectivity index (χ1n) is 5.99. The number of aryl methyl sites for hydroxylation is 2. The third kappa shape index (κ3) is 3.47. The van der Waals surface area contributed by atoms with Gasteiger partial charge in [-0.15, -0.1) is 0 Å². The van der Waals surface area contributed by atoms with Gasteiger partial charge in [0, 0.05) is 18.0 Å². The molecule has 19 heavy (non-hydrogen) atoms. The van der Waals surface area contributed by atoms with E-state index in [1.807, 2.05) is 32.0 Å². The Balaban J connectivity index is 3.04. The molecule has 0 aromatic heterocycles. The molecule has 0 fully saturated rings. The molecule has 2 N–H and O–H groups in total. The molecule has 0 radical (unpaired) electrons. The van der Waals surface area contributed by atoms with Crippen molar-refractivity contribution in [1.82, 2.24) is 5.32 Å². The second-order valence-electron chi connectivity index (χ2n) is 4.63. The number of carboxylic acid groups (broad SMARTS) is 1. The Morgan fingerprint density at radius 2 is 2.21 bits per heavy atom. The molecular weight excluding hydrogens is 244 g/mol. The highest BCUT2D eigenvalue weighted by Gasteiger charge is 2.35. The Morgan fingerprint density at radius 1 is 1.53 bits per heavy atom. The third-order valence-electron chi connectivity index (χ3n) is 3.10. The molecule has 1 aromatic carbocycles. The van der Waals surface area contributed by atoms with E-state index in [-0.39, 0.29) is 6.54 Å². The molecule has 1 atom stereocenters. The van der Waals surface area contributed by atoms with Gasteiger partial charge < -0.3 is 5.11 Å². The lowest BCUT2D eigenvalue weighted by Gasteiger charge is -2.28. The Labute approximate surface area is 112 Å². The van der Waals surface area contributed by atoms with Crippen molar-refractivity contribution >= 4 is 5.97 Å². The van der Waals surface area contributed by atoms with Crippen molar-refractivity contribution in [3.63, 3.8) is 0 Å². The van der Waals surface area contributed by atoms with Gasteiger partial charge in [0.1, 0.15) is 5.54 Å². The van der Waals surface area contributed by atoms with Crippen molar-refractivity contribution in [2.24, 2.45) is 5.11 Å². The van der Waals surface area contributed by atoms with Crippen LogP contribution >= 0.6 is 0 Å². The molecule has 0 spiro atoms. The molecular formula is C13H18N4O2. The summed E-state index contributed by atoms with van der Waals surface area (Å²) in [5.74, 6) is -0.958. The first kappa shape index (κ1) is 15.0. The van der Waals surface area contributed by atoms with Crippen LogP contribution in [0.4, 0.5) is 0 Å². The number of benzene rings is 1. The van der Waals surface area contributed by atoms with Crippen molar-refractivity contribution in [2.75, 3.05) is 13.1 Å². The van der Waals surface area contributed by atoms with Gasteiger partial charge in [-0.05, 0) is 37.4 Å². The van der Waals surface area contributed by atoms with Crippen LogP contribution in [0, 0.1) is 13.8 Å². The zero-order valence-corrected chi connectivity index (χ0v) is 11.3. The Bertz CT molecular complexity index is 523. The van der Waals surface area contributed by atoms with E-state index < -0.39 is 11.5 Å². The SMILES string of the molecule is Cc1ccc(C(C)(NCCN=[N+]=[N-])C(=O)O)c(C)c1. The predicted octanol–water partition coefficient (Wildman–Crippen LogP) is 2.50. The van der Waals surface area contributed by atoms with Gasteiger partial charge in [0.25, 0.3) is 0 Å². The Morgan fingerprint density at radius 3 is 2.74 bits per heavy atom. The van der Waals surface area contributed by atoms with E-state index in [0.717, 1.165) is 11.1 Å². The zero-order chi connectivity index (χ0) is 14.5. The van der Waals surface area contributed by atoms with Gasteiger partial charge in [-0.2, -0.15) is 0 Å². The van der Waals surface area contributed by atoms with E-state index in [1.165, 1.54) is 0 Å². The Kier molecular flexibility index (Phi) is 4.92. The minimum atomic E-state index is -1.19. The van der Waals surface area contributed by atoms with Crippen molar-refractivity contribution in [2.45, 2.75) is 26.3 Å². The summed E-state index contributed by atoms with van der Waals surface area (Å²) in [6.07, 6.45) is 0. The number of carboxylic acids is 1. The fraction of sp³-hybridized carbons (Fsp3) is 0.462. The molecule has 6 heteroatoms. The molecule has 1 rings (SSSR count). The number of rotatable bonds is 6. The number of nitrogens with zero attached hydrogens (tertiary/aromatic N) is 3. The van der Waals surface area contributed by atoms with E-state index in [1.54, 1.807) is 6.92 Å². The number of nitrogens with one attached hydrogen (secondary N) is 1. The summed E-state index contributed by atoms with van der Waals surface area (Å²) < 4.78 is 0. The van der Waals surface area contributed by atoms with Gasteiger partial charge in [0.05, 0.1) is 0 Å². The van der Waals surface area contributed by atoms with Gasteiger partial charge in [-0.3, -0.25) is 5.32 Å². The molecule has 102 valence electrons. The van der Waals surface area contributed by atoms with Crippen LogP contribution in [0.1, 0.15) is 23.6 Å². The predicted molar refractivity (Wildman–Crippen MR) is 72.9 cm³/mol. The molecule has 0 saturated heterocycles. The van der Waals surface area contributed by atoms with E-state index >= 15 is 0 Å². The smallest absolute Gasteiger partial charge is 0.328 e. The van der Waals surface area contributed by atoms with Crippen molar-refractivity contribution in [1.29, 1.82) is 0 Å². The largest absolute Gasteiger partial charge is 0.480 e. The summed E-state index contributed by atoms with van der Waals surface area (Å²) in [6.45, 7) is 5.98. The maximum atomic E-state index is 11.6. The topological polar surface area (TPSA) is 98.1 Å². The summed E-state index contributed by atoms with van der Waals surface area (Å²) in [4.78, 5) is 14.2. The number of hydrogen-bond donors (Lipinski definition) is 2. The lowest BCUT2D eigenvalue weighted by atomic mass is 9.87. The number of carbonyl (C=O) groups is 1. The molecule has 0 bridgehead atoms. The fourth-order valence-corrected chi connectivity index (χ4v) is 2.06. The van der Waals surface area contributed by atoms with Crippen LogP contribution in [0.25, 0.3) is 10.4 Å². The zero-order valence-electron chi connectivity index (χ0n) is 11.3. The van der Waals surface area contributed by atoms with Crippen LogP contribution < -0.4 is 5.32 Å². The highest BCUT2D eigenvalue weighted by Crippen LogP contribution is 2.25. The fourth-order valence-electron chi connectivity index (χ4n) is 2.06. The quantitative estimate of drug-likeness (QED) is 0.356. The Hall–Kier alpha value is -2.04. The van der Waals surface area contributed by atoms with Crippen LogP contribution in [0.15, 0.2) is 23.3 Å². The molecule has 1 aromatic rings. The molecule has 0 saturated carbocycles. The lowest BCUT2D eigenvalue weighted by molar-refractivity contribution is -0.144. The normalized spacial score (nSPS) is 13.4. The van der Waals surface area contributed by atoms with Crippen LogP contribution in [-0.2, 0) is 10.3 Å². The maximum absolute atomic E-state index is 11.6. The van der Waals surface area contributed by atoms with Gasteiger partial charge >= 0.3 is 5.97 Å². The summed E-state index contributed by atoms with van der Waals surface area (Å²) in [5.41, 5.74) is 9.74. The van der Waals surface area contributed by atoms with Gasteiger partial charge in [0.15, 0.2) is 0 Å². The minimum absolute atomic E-state index is 0.213. The van der Waals surface area contributed by atoms with Crippen molar-refractivity contribution in [3.05, 3.63) is 45.3 Å². The lowest BCUT2D eigenvalue weighted by Crippen LogP contribution is -2.48. The van der Waals surface area contributed by atoms with E-state index in [9.17, 15) is 9.90 Å². The summed E-state index contributed by atoms with van der Waals surface area (Å²) >= 11 is 0. The van der Waals surface area contributed by atoms with E-state index in [2.05, 4.69) is 15.3 Å². The third-order valence-corrected chi connectivity index (χ3v) is 3.10. The van der Waals surface area contributed by atoms with E-state index in [0.29, 0.717) is 12.1 Å². The molecule has 0 aliphatic heterocycles. The molecule has 0 aliphatic carbocycles. The molecule has 6 nitrogen and oxygen atoms in total. The average molecular weight is 262 g/mol. The van der Waals surface area contributed by atoms with Crippen LogP contribution in [0.5, 0.6) is 0 Å². The highest BCUT2D eigenvalue weighted by molar-refractivity contribution is 5.80. The first-order valence-corrected chi connectivity index (χ1v) is 5.99. The summed E-state index contributed by atoms with van der Waals surface area (Å²) in [5, 5.41) is 15.8. The monoisotopic (exact) mass is 262 g/mol. The van der Waals surface area contributed by atoms with Gasteiger partial charge in [0.2, 0.25) is 0 Å². The average Bonchev–Trinajstić information content (AvgIpc) is 2.34. The maximum Gasteiger partial charge on any atom is 0.328 e. The molecule has 0 amide bonds. The van der Waals surface area contributed by atoms with E-state index in [4.69, 9.17) is 5.53 Å². The van der Waals surface area contributed by atoms with Crippen molar-refractivity contribution in [3.8, 4) is 0 Å². The standard InChI is InChI=1S/C13H18N4O2/c1-9-4-5-11(10(2)8-9)13(3,12(18)19)15-6-7-16-17-14/h4-5,8,15H,6-7H2,1-3H3,(H,18,19). The molecule has 0 aliphatic rings. The van der Waals surface area contributed by atoms with Crippen molar-refractivity contribution < 1.29 is 9.90 Å². The van der Waals surface area contributed by atoms with Crippen LogP contribution in [0.2, 0.25) is 0 Å².